The highest BCUT2D eigenvalue weighted by molar-refractivity contribution is 7.91. The molecule has 0 spiro atoms. The Balaban J connectivity index is 1.20. The third-order valence-electron chi connectivity index (χ3n) is 7.63. The summed E-state index contributed by atoms with van der Waals surface area (Å²) in [5.41, 5.74) is 9.36. The van der Waals surface area contributed by atoms with E-state index in [2.05, 4.69) is 37.8 Å². The maximum Gasteiger partial charge on any atom is 0.146 e. The summed E-state index contributed by atoms with van der Waals surface area (Å²) in [6, 6.07) is 8.58. The van der Waals surface area contributed by atoms with E-state index in [9.17, 15) is 4.55 Å². The number of rotatable bonds is 7. The molecule has 1 aliphatic carbocycles. The third-order valence-corrected chi connectivity index (χ3v) is 8.91. The third kappa shape index (κ3) is 4.87. The molecule has 8 nitrogen and oxygen atoms in total. The normalized spacial score (nSPS) is 25.7. The van der Waals surface area contributed by atoms with Gasteiger partial charge in [0.05, 0.1) is 11.5 Å². The fourth-order valence-electron chi connectivity index (χ4n) is 5.62. The quantitative estimate of drug-likeness (QED) is 0.502. The van der Waals surface area contributed by atoms with Gasteiger partial charge >= 0.3 is 0 Å². The Labute approximate surface area is 209 Å². The molecule has 3 fully saturated rings. The van der Waals surface area contributed by atoms with E-state index in [0.29, 0.717) is 24.4 Å². The van der Waals surface area contributed by atoms with Gasteiger partial charge in [-0.3, -0.25) is 4.90 Å². The van der Waals surface area contributed by atoms with Crippen LogP contribution < -0.4 is 10.5 Å². The Kier molecular flexibility index (Phi) is 6.58. The van der Waals surface area contributed by atoms with Crippen molar-refractivity contribution in [2.75, 3.05) is 50.1 Å². The van der Waals surface area contributed by atoms with Crippen LogP contribution in [0.15, 0.2) is 36.8 Å². The molecule has 2 aromatic heterocycles. The molecule has 1 aromatic carbocycles. The van der Waals surface area contributed by atoms with Gasteiger partial charge in [-0.2, -0.15) is 0 Å². The molecule has 6 rings (SSSR count). The molecule has 2 saturated heterocycles. The number of fused-ring (bicyclic) bond motifs is 1. The molecule has 35 heavy (non-hydrogen) atoms. The predicted molar refractivity (Wildman–Crippen MR) is 138 cm³/mol. The highest BCUT2D eigenvalue weighted by atomic mass is 32.2. The molecule has 186 valence electrons. The van der Waals surface area contributed by atoms with E-state index >= 15 is 0 Å². The second-order valence-corrected chi connectivity index (χ2v) is 11.7. The summed E-state index contributed by atoms with van der Waals surface area (Å²) >= 11 is -0.621. The maximum absolute atomic E-state index is 11.6. The molecule has 3 aliphatic rings. The zero-order chi connectivity index (χ0) is 23.8. The second-order valence-electron chi connectivity index (χ2n) is 10.0. The highest BCUT2D eigenvalue weighted by Gasteiger charge is 2.34. The number of ether oxygens (including phenoxy) is 2. The van der Waals surface area contributed by atoms with Crippen molar-refractivity contribution in [2.24, 2.45) is 5.92 Å². The number of hydrogen-bond acceptors (Lipinski definition) is 7. The number of nitrogen functional groups attached to an aromatic ring is 1. The van der Waals surface area contributed by atoms with Gasteiger partial charge in [0, 0.05) is 44.0 Å². The second kappa shape index (κ2) is 9.97. The van der Waals surface area contributed by atoms with Crippen molar-refractivity contribution < 1.29 is 14.0 Å². The Morgan fingerprint density at radius 2 is 2.06 bits per heavy atom. The first-order chi connectivity index (χ1) is 17.1. The van der Waals surface area contributed by atoms with Gasteiger partial charge in [-0.05, 0) is 49.3 Å². The summed E-state index contributed by atoms with van der Waals surface area (Å²) < 4.78 is 25.7. The van der Waals surface area contributed by atoms with Crippen molar-refractivity contribution in [2.45, 2.75) is 37.8 Å². The molecule has 2 N–H and O–H groups in total. The van der Waals surface area contributed by atoms with Crippen molar-refractivity contribution >= 4 is 28.0 Å². The lowest BCUT2D eigenvalue weighted by Gasteiger charge is -2.40. The van der Waals surface area contributed by atoms with Gasteiger partial charge < -0.3 is 24.3 Å². The predicted octanol–water partition coefficient (Wildman–Crippen LogP) is 3.25. The molecule has 2 aliphatic heterocycles. The van der Waals surface area contributed by atoms with Crippen LogP contribution in [0.4, 0.5) is 5.82 Å². The van der Waals surface area contributed by atoms with Crippen LogP contribution in [0.1, 0.15) is 31.7 Å². The highest BCUT2D eigenvalue weighted by Crippen LogP contribution is 2.43. The van der Waals surface area contributed by atoms with Gasteiger partial charge in [0.15, 0.2) is 0 Å². The molecule has 0 unspecified atom stereocenters. The van der Waals surface area contributed by atoms with E-state index in [1.54, 1.807) is 6.33 Å². The molecular weight excluding hydrogens is 462 g/mol. The van der Waals surface area contributed by atoms with E-state index in [0.717, 1.165) is 91.3 Å². The molecule has 3 aromatic rings. The summed E-state index contributed by atoms with van der Waals surface area (Å²) in [4.78, 5) is 11.4. The topological polar surface area (TPSA) is 101 Å². The van der Waals surface area contributed by atoms with Crippen LogP contribution in [-0.2, 0) is 15.9 Å². The summed E-state index contributed by atoms with van der Waals surface area (Å²) in [7, 11) is 0. The summed E-state index contributed by atoms with van der Waals surface area (Å²) in [5.74, 6) is 3.64. The van der Waals surface area contributed by atoms with Crippen molar-refractivity contribution in [1.29, 1.82) is 0 Å². The van der Waals surface area contributed by atoms with E-state index in [-0.39, 0.29) is 6.10 Å². The molecule has 1 atom stereocenters. The molecule has 0 radical (unpaired) electrons. The number of hydrogen-bond donors (Lipinski definition) is 1. The number of nitrogens with two attached hydrogens (primary N) is 1. The van der Waals surface area contributed by atoms with Crippen LogP contribution in [0.2, 0.25) is 0 Å². The Morgan fingerprint density at radius 1 is 1.20 bits per heavy atom. The van der Waals surface area contributed by atoms with Gasteiger partial charge in [-0.25, -0.2) is 9.97 Å². The van der Waals surface area contributed by atoms with Crippen LogP contribution in [0.5, 0.6) is 5.75 Å². The molecule has 0 bridgehead atoms. The monoisotopic (exact) mass is 495 g/mol. The average Bonchev–Trinajstić information content (AvgIpc) is 3.50. The average molecular weight is 496 g/mol. The summed E-state index contributed by atoms with van der Waals surface area (Å²) in [5, 5.41) is 0.908. The minimum Gasteiger partial charge on any atom is -0.616 e. The fourth-order valence-corrected chi connectivity index (χ4v) is 6.75. The first-order valence-corrected chi connectivity index (χ1v) is 14.2. The largest absolute Gasteiger partial charge is 0.616 e. The standard InChI is InChI=1S/C26H33N5O3S/c27-25-24-23(19-3-1-4-21(13-19)34-16-22-5-2-8-33-22)15-31(26(24)29-17-28-25)20-11-18(12-20)14-30-6-9-35(32)10-7-30/h1,3-4,13,15,17-18,20,22H,2,5-12,14,16H2,(H2,27,28,29)/t18-,20+,22-/m0/s1. The lowest BCUT2D eigenvalue weighted by molar-refractivity contribution is 0.0680. The molecule has 1 saturated carbocycles. The zero-order valence-electron chi connectivity index (χ0n) is 20.0. The molecule has 0 amide bonds. The van der Waals surface area contributed by atoms with E-state index in [1.165, 1.54) is 0 Å². The van der Waals surface area contributed by atoms with E-state index in [4.69, 9.17) is 15.2 Å². The molecule has 4 heterocycles. The van der Waals surface area contributed by atoms with Gasteiger partial charge in [-0.15, -0.1) is 0 Å². The molecule has 9 heteroatoms. The van der Waals surface area contributed by atoms with Crippen LogP contribution in [0, 0.1) is 5.92 Å². The van der Waals surface area contributed by atoms with Gasteiger partial charge in [0.25, 0.3) is 0 Å². The Morgan fingerprint density at radius 3 is 2.86 bits per heavy atom. The lowest BCUT2D eigenvalue weighted by atomic mass is 9.79. The van der Waals surface area contributed by atoms with Crippen molar-refractivity contribution in [3.63, 3.8) is 0 Å². The van der Waals surface area contributed by atoms with Crippen LogP contribution in [0.25, 0.3) is 22.2 Å². The van der Waals surface area contributed by atoms with E-state index in [1.807, 2.05) is 12.1 Å². The fraction of sp³-hybridized carbons (Fsp3) is 0.538. The van der Waals surface area contributed by atoms with Crippen LogP contribution in [0.3, 0.4) is 0 Å². The SMILES string of the molecule is Nc1ncnc2c1c(-c1cccc(OC[C@@H]3CCCO3)c1)cn2[C@H]1C[C@@H](CN2CC[S+]([O-])CC2)C1. The van der Waals surface area contributed by atoms with Crippen molar-refractivity contribution in [3.05, 3.63) is 36.8 Å². The van der Waals surface area contributed by atoms with Gasteiger partial charge in [0.2, 0.25) is 0 Å². The first kappa shape index (κ1) is 23.1. The number of aromatic nitrogens is 3. The molecular formula is C26H33N5O3S. The van der Waals surface area contributed by atoms with Crippen LogP contribution >= 0.6 is 0 Å². The van der Waals surface area contributed by atoms with Gasteiger partial charge in [-0.1, -0.05) is 23.3 Å². The Bertz CT molecular complexity index is 1170. The zero-order valence-corrected chi connectivity index (χ0v) is 20.8. The maximum atomic E-state index is 11.6. The van der Waals surface area contributed by atoms with Gasteiger partial charge in [0.1, 0.15) is 41.7 Å². The minimum absolute atomic E-state index is 0.184. The summed E-state index contributed by atoms with van der Waals surface area (Å²) in [6.07, 6.45) is 8.34. The first-order valence-electron chi connectivity index (χ1n) is 12.7. The Hall–Kier alpha value is -2.33. The van der Waals surface area contributed by atoms with Crippen LogP contribution in [-0.4, -0.2) is 74.4 Å². The van der Waals surface area contributed by atoms with E-state index < -0.39 is 11.2 Å². The number of benzene rings is 1. The number of anilines is 1. The van der Waals surface area contributed by atoms with Crippen molar-refractivity contribution in [1.82, 2.24) is 19.4 Å². The lowest BCUT2D eigenvalue weighted by Crippen LogP contribution is -2.45. The summed E-state index contributed by atoms with van der Waals surface area (Å²) in [6.45, 7) is 4.42. The smallest absolute Gasteiger partial charge is 0.146 e. The van der Waals surface area contributed by atoms with Crippen molar-refractivity contribution in [3.8, 4) is 16.9 Å². The number of nitrogens with zero attached hydrogens (tertiary/aromatic N) is 4. The minimum atomic E-state index is -0.621.